The highest BCUT2D eigenvalue weighted by atomic mass is 79.9. The van der Waals surface area contributed by atoms with Gasteiger partial charge < -0.3 is 9.16 Å². The van der Waals surface area contributed by atoms with Crippen molar-refractivity contribution in [2.24, 2.45) is 5.92 Å². The summed E-state index contributed by atoms with van der Waals surface area (Å²) in [5, 5.41) is 1.06. The number of ether oxygens (including phenoxy) is 1. The second-order valence-electron chi connectivity index (χ2n) is 7.28. The van der Waals surface area contributed by atoms with Crippen molar-refractivity contribution in [3.05, 3.63) is 24.3 Å². The maximum atomic E-state index is 6.64. The number of hydrogen-bond donors (Lipinski definition) is 0. The van der Waals surface area contributed by atoms with Crippen LogP contribution in [0.5, 0.6) is 0 Å². The molecule has 0 radical (unpaired) electrons. The van der Waals surface area contributed by atoms with Gasteiger partial charge in [0.15, 0.2) is 8.32 Å². The number of halogens is 1. The molecule has 0 aliphatic heterocycles. The van der Waals surface area contributed by atoms with Crippen molar-refractivity contribution in [1.82, 2.24) is 0 Å². The van der Waals surface area contributed by atoms with Gasteiger partial charge in [-0.15, -0.1) is 6.58 Å². The van der Waals surface area contributed by atoms with Gasteiger partial charge in [-0.05, 0) is 25.1 Å². The van der Waals surface area contributed by atoms with E-state index < -0.39 is 8.32 Å². The SMILES string of the molecule is C=C[C@H](OC)[C@@H](O[Si](C)(C)C(C)(C)C)[C@H](C)C=C(C)CBr. The first-order valence-electron chi connectivity index (χ1n) is 7.56. The Labute approximate surface area is 141 Å². The number of hydrogen-bond acceptors (Lipinski definition) is 2. The van der Waals surface area contributed by atoms with Crippen LogP contribution in [0.2, 0.25) is 18.1 Å². The molecule has 0 unspecified atom stereocenters. The Kier molecular flexibility index (Phi) is 8.70. The summed E-state index contributed by atoms with van der Waals surface area (Å²) in [5.41, 5.74) is 1.31. The predicted octanol–water partition coefficient (Wildman–Crippen LogP) is 5.56. The van der Waals surface area contributed by atoms with Crippen LogP contribution >= 0.6 is 15.9 Å². The van der Waals surface area contributed by atoms with Crippen molar-refractivity contribution in [3.8, 4) is 0 Å². The fraction of sp³-hybridized carbons (Fsp3) is 0.765. The molecule has 0 N–H and O–H groups in total. The van der Waals surface area contributed by atoms with Gasteiger partial charge in [-0.1, -0.05) is 61.4 Å². The highest BCUT2D eigenvalue weighted by Gasteiger charge is 2.41. The minimum Gasteiger partial charge on any atom is -0.410 e. The molecule has 0 bridgehead atoms. The van der Waals surface area contributed by atoms with Crippen LogP contribution in [0.3, 0.4) is 0 Å². The summed E-state index contributed by atoms with van der Waals surface area (Å²) >= 11 is 3.50. The standard InChI is InChI=1S/C17H33BrO2Si/c1-10-15(19-7)16(14(3)11-13(2)12-18)20-21(8,9)17(4,5)6/h10-11,14-16H,1,12H2,2-9H3/t14-,15+,16+/m1/s1. The number of methoxy groups -OCH3 is 1. The lowest BCUT2D eigenvalue weighted by Crippen LogP contribution is -2.49. The van der Waals surface area contributed by atoms with Gasteiger partial charge in [-0.2, -0.15) is 0 Å². The Bertz CT molecular complexity index is 358. The van der Waals surface area contributed by atoms with Crippen molar-refractivity contribution in [2.45, 2.75) is 65.0 Å². The lowest BCUT2D eigenvalue weighted by molar-refractivity contribution is 0.00601. The molecule has 0 heterocycles. The largest absolute Gasteiger partial charge is 0.410 e. The topological polar surface area (TPSA) is 18.5 Å². The Balaban J connectivity index is 5.39. The zero-order chi connectivity index (χ0) is 16.8. The zero-order valence-electron chi connectivity index (χ0n) is 15.0. The zero-order valence-corrected chi connectivity index (χ0v) is 17.6. The normalized spacial score (nSPS) is 18.2. The molecule has 0 saturated heterocycles. The first kappa shape index (κ1) is 21.1. The van der Waals surface area contributed by atoms with Gasteiger partial charge in [0, 0.05) is 18.4 Å². The van der Waals surface area contributed by atoms with E-state index in [1.165, 1.54) is 5.57 Å². The maximum Gasteiger partial charge on any atom is 0.192 e. The van der Waals surface area contributed by atoms with Crippen LogP contribution < -0.4 is 0 Å². The van der Waals surface area contributed by atoms with E-state index in [2.05, 4.69) is 76.3 Å². The van der Waals surface area contributed by atoms with Crippen LogP contribution in [0.4, 0.5) is 0 Å². The van der Waals surface area contributed by atoms with Crippen molar-refractivity contribution in [3.63, 3.8) is 0 Å². The van der Waals surface area contributed by atoms with Gasteiger partial charge >= 0.3 is 0 Å². The molecule has 3 atom stereocenters. The minimum absolute atomic E-state index is 0.00221. The molecule has 0 aromatic heterocycles. The molecule has 124 valence electrons. The molecule has 0 aliphatic rings. The van der Waals surface area contributed by atoms with Gasteiger partial charge in [-0.25, -0.2) is 0 Å². The third-order valence-corrected chi connectivity index (χ3v) is 9.70. The third kappa shape index (κ3) is 6.39. The molecule has 0 aromatic carbocycles. The summed E-state index contributed by atoms with van der Waals surface area (Å²) in [6, 6.07) is 0. The second kappa shape index (κ2) is 8.66. The lowest BCUT2D eigenvalue weighted by atomic mass is 9.97. The lowest BCUT2D eigenvalue weighted by Gasteiger charge is -2.42. The van der Waals surface area contributed by atoms with Gasteiger partial charge in [0.2, 0.25) is 0 Å². The quantitative estimate of drug-likeness (QED) is 0.313. The van der Waals surface area contributed by atoms with Crippen molar-refractivity contribution in [1.29, 1.82) is 0 Å². The van der Waals surface area contributed by atoms with Crippen LogP contribution in [0, 0.1) is 5.92 Å². The van der Waals surface area contributed by atoms with E-state index in [0.717, 1.165) is 5.33 Å². The monoisotopic (exact) mass is 376 g/mol. The smallest absolute Gasteiger partial charge is 0.192 e. The van der Waals surface area contributed by atoms with E-state index >= 15 is 0 Å². The van der Waals surface area contributed by atoms with Crippen molar-refractivity contribution < 1.29 is 9.16 Å². The minimum atomic E-state index is -1.86. The molecule has 21 heavy (non-hydrogen) atoms. The Hall–Kier alpha value is 0.0969. The fourth-order valence-electron chi connectivity index (χ4n) is 1.94. The van der Waals surface area contributed by atoms with E-state index in [9.17, 15) is 0 Å². The summed E-state index contributed by atoms with van der Waals surface area (Å²) in [6.45, 7) is 19.6. The van der Waals surface area contributed by atoms with Crippen LogP contribution in [-0.4, -0.2) is 33.0 Å². The van der Waals surface area contributed by atoms with Crippen LogP contribution in [0.15, 0.2) is 24.3 Å². The molecule has 0 saturated carbocycles. The summed E-state index contributed by atoms with van der Waals surface area (Å²) in [4.78, 5) is 0. The second-order valence-corrected chi connectivity index (χ2v) is 12.6. The molecular weight excluding hydrogens is 344 g/mol. The van der Waals surface area contributed by atoms with E-state index in [1.54, 1.807) is 7.11 Å². The Morgan fingerprint density at radius 1 is 1.33 bits per heavy atom. The third-order valence-electron chi connectivity index (χ3n) is 4.34. The molecule has 0 aliphatic carbocycles. The van der Waals surface area contributed by atoms with E-state index in [4.69, 9.17) is 9.16 Å². The van der Waals surface area contributed by atoms with Crippen LogP contribution in [-0.2, 0) is 9.16 Å². The molecule has 0 aromatic rings. The molecule has 2 nitrogen and oxygen atoms in total. The Morgan fingerprint density at radius 3 is 2.19 bits per heavy atom. The van der Waals surface area contributed by atoms with E-state index in [-0.39, 0.29) is 23.2 Å². The molecule has 0 spiro atoms. The average molecular weight is 377 g/mol. The summed E-state index contributed by atoms with van der Waals surface area (Å²) in [7, 11) is -0.132. The predicted molar refractivity (Wildman–Crippen MR) is 99.8 cm³/mol. The molecule has 0 rings (SSSR count). The highest BCUT2D eigenvalue weighted by molar-refractivity contribution is 9.09. The highest BCUT2D eigenvalue weighted by Crippen LogP contribution is 2.39. The summed E-state index contributed by atoms with van der Waals surface area (Å²) in [6.07, 6.45) is 4.03. The van der Waals surface area contributed by atoms with Gasteiger partial charge in [0.25, 0.3) is 0 Å². The molecule has 4 heteroatoms. The number of alkyl halides is 1. The molecule has 0 fully saturated rings. The first-order valence-corrected chi connectivity index (χ1v) is 11.6. The number of allylic oxidation sites excluding steroid dienone is 1. The number of rotatable bonds is 8. The Morgan fingerprint density at radius 2 is 1.86 bits per heavy atom. The summed E-state index contributed by atoms with van der Waals surface area (Å²) < 4.78 is 12.2. The van der Waals surface area contributed by atoms with Crippen molar-refractivity contribution >= 4 is 24.2 Å². The summed E-state index contributed by atoms with van der Waals surface area (Å²) in [5.74, 6) is 0.277. The first-order chi connectivity index (χ1) is 9.50. The molecular formula is C17H33BrO2Si. The van der Waals surface area contributed by atoms with E-state index in [1.807, 2.05) is 6.08 Å². The average Bonchev–Trinajstić information content (AvgIpc) is 2.37. The van der Waals surface area contributed by atoms with E-state index in [0.29, 0.717) is 0 Å². The van der Waals surface area contributed by atoms with Crippen LogP contribution in [0.1, 0.15) is 34.6 Å². The van der Waals surface area contributed by atoms with Gasteiger partial charge in [0.05, 0.1) is 6.10 Å². The maximum absolute atomic E-state index is 6.64. The fourth-order valence-corrected chi connectivity index (χ4v) is 3.51. The molecule has 0 amide bonds. The van der Waals surface area contributed by atoms with Gasteiger partial charge in [0.1, 0.15) is 6.10 Å². The van der Waals surface area contributed by atoms with Crippen LogP contribution in [0.25, 0.3) is 0 Å². The van der Waals surface area contributed by atoms with Crippen molar-refractivity contribution in [2.75, 3.05) is 12.4 Å². The van der Waals surface area contributed by atoms with Gasteiger partial charge in [-0.3, -0.25) is 0 Å².